The number of anilines is 3. The molecule has 4 aromatic rings. The minimum Gasteiger partial charge on any atom is -0.443 e. The number of nitrogens with zero attached hydrogens (tertiary/aromatic N) is 5. The van der Waals surface area contributed by atoms with Gasteiger partial charge in [0.25, 0.3) is 11.5 Å². The van der Waals surface area contributed by atoms with Crippen molar-refractivity contribution in [2.45, 2.75) is 51.4 Å². The smallest absolute Gasteiger partial charge is 0.414 e. The number of carbonyl (C=O) groups excluding carboxylic acids is 2. The first-order valence-corrected chi connectivity index (χ1v) is 12.5. The molecule has 0 bridgehead atoms. The van der Waals surface area contributed by atoms with Gasteiger partial charge in [-0.15, -0.1) is 0 Å². The largest absolute Gasteiger partial charge is 0.443 e. The highest BCUT2D eigenvalue weighted by atomic mass is 16.6. The summed E-state index contributed by atoms with van der Waals surface area (Å²) in [6.07, 6.45) is 4.98. The van der Waals surface area contributed by atoms with Gasteiger partial charge >= 0.3 is 6.09 Å². The Morgan fingerprint density at radius 2 is 2.02 bits per heavy atom. The number of ether oxygens (including phenoxy) is 2. The number of fused-ring (bicyclic) bond motifs is 1. The molecule has 0 radical (unpaired) electrons. The second-order valence-electron chi connectivity index (χ2n) is 10.3. The zero-order valence-corrected chi connectivity index (χ0v) is 22.6. The number of pyridine rings is 2. The Morgan fingerprint density at radius 3 is 2.67 bits per heavy atom. The van der Waals surface area contributed by atoms with Crippen molar-refractivity contribution in [1.29, 1.82) is 0 Å². The average molecular weight is 552 g/mol. The van der Waals surface area contributed by atoms with Gasteiger partial charge in [0.05, 0.1) is 24.0 Å². The number of oxazole rings is 1. The summed E-state index contributed by atoms with van der Waals surface area (Å²) in [4.78, 5) is 48.9. The molecule has 40 heavy (non-hydrogen) atoms. The Hall–Kier alpha value is -4.72. The number of hydrogen-bond donors (Lipinski definition) is 2. The molecular weight excluding hydrogens is 522 g/mol. The lowest BCUT2D eigenvalue weighted by molar-refractivity contribution is 0.00677. The van der Waals surface area contributed by atoms with Gasteiger partial charge in [0.15, 0.2) is 11.9 Å². The monoisotopic (exact) mass is 551 g/mol. The number of aromatic nitrogens is 4. The summed E-state index contributed by atoms with van der Waals surface area (Å²) in [5.74, 6) is -0.296. The molecule has 0 aliphatic heterocycles. The van der Waals surface area contributed by atoms with Crippen molar-refractivity contribution < 1.29 is 28.0 Å². The molecule has 2 N–H and O–H groups in total. The fourth-order valence-corrected chi connectivity index (χ4v) is 4.18. The first-order valence-electron chi connectivity index (χ1n) is 12.5. The van der Waals surface area contributed by atoms with Gasteiger partial charge in [-0.05, 0) is 45.7 Å². The number of amides is 2. The van der Waals surface area contributed by atoms with E-state index in [4.69, 9.17) is 18.4 Å². The predicted molar refractivity (Wildman–Crippen MR) is 143 cm³/mol. The average Bonchev–Trinajstić information content (AvgIpc) is 3.57. The highest BCUT2D eigenvalue weighted by Gasteiger charge is 2.34. The lowest BCUT2D eigenvalue weighted by Crippen LogP contribution is -2.51. The lowest BCUT2D eigenvalue weighted by atomic mass is 9.89. The third kappa shape index (κ3) is 5.25. The highest BCUT2D eigenvalue weighted by molar-refractivity contribution is 6.07. The Morgan fingerprint density at radius 1 is 1.23 bits per heavy atom. The fourth-order valence-electron chi connectivity index (χ4n) is 4.18. The van der Waals surface area contributed by atoms with Crippen LogP contribution in [0, 0.1) is 0 Å². The summed E-state index contributed by atoms with van der Waals surface area (Å²) in [6, 6.07) is 4.53. The molecule has 0 saturated heterocycles. The van der Waals surface area contributed by atoms with E-state index >= 15 is 0 Å². The third-order valence-electron chi connectivity index (χ3n) is 6.35. The van der Waals surface area contributed by atoms with Crippen LogP contribution in [-0.2, 0) is 9.47 Å². The van der Waals surface area contributed by atoms with Gasteiger partial charge in [0.2, 0.25) is 11.6 Å². The normalized spacial score (nSPS) is 16.8. The second kappa shape index (κ2) is 10.4. The van der Waals surface area contributed by atoms with E-state index < -0.39 is 23.2 Å². The Balaban J connectivity index is 1.55. The Kier molecular flexibility index (Phi) is 7.02. The molecule has 0 unspecified atom stereocenters. The zero-order valence-electron chi connectivity index (χ0n) is 22.6. The highest BCUT2D eigenvalue weighted by Crippen LogP contribution is 2.32. The standard InChI is InChI=1S/C26H29N7O7/c1-26(2,3)39-25(36)32(4)16-11-18(28-15-7-6-10-33(24(15)35)19-12-27-13-38-19)30-21-20(16)31-40-22(21)23(34)29-14-8-9-17(14)37-5/h6-7,10-14,17H,8-9H2,1-5H3,(H,28,30)(H,29,34)/t14-,17-/m1/s1. The summed E-state index contributed by atoms with van der Waals surface area (Å²) in [5, 5.41) is 9.91. The van der Waals surface area contributed by atoms with Crippen LogP contribution in [0.4, 0.5) is 22.0 Å². The molecular formula is C26H29N7O7. The lowest BCUT2D eigenvalue weighted by Gasteiger charge is -2.35. The van der Waals surface area contributed by atoms with Gasteiger partial charge in [-0.2, -0.15) is 0 Å². The molecule has 1 saturated carbocycles. The summed E-state index contributed by atoms with van der Waals surface area (Å²) in [6.45, 7) is 5.24. The summed E-state index contributed by atoms with van der Waals surface area (Å²) < 4.78 is 22.8. The van der Waals surface area contributed by atoms with Crippen molar-refractivity contribution in [2.24, 2.45) is 0 Å². The number of methoxy groups -OCH3 is 1. The molecule has 1 fully saturated rings. The molecule has 2 atom stereocenters. The quantitative estimate of drug-likeness (QED) is 0.345. The molecule has 1 aliphatic carbocycles. The van der Waals surface area contributed by atoms with E-state index in [2.05, 4.69) is 25.8 Å². The molecule has 14 nitrogen and oxygen atoms in total. The van der Waals surface area contributed by atoms with Crippen molar-refractivity contribution in [3.05, 3.63) is 53.1 Å². The second-order valence-corrected chi connectivity index (χ2v) is 10.3. The van der Waals surface area contributed by atoms with Gasteiger partial charge in [0.1, 0.15) is 22.6 Å². The predicted octanol–water partition coefficient (Wildman–Crippen LogP) is 3.38. The SMILES string of the molecule is CO[C@@H]1CC[C@H]1NC(=O)c1onc2c(N(C)C(=O)OC(C)(C)C)cc(Nc3cccn(-c4cnco4)c3=O)nc12. The maximum Gasteiger partial charge on any atom is 0.414 e. The van der Waals surface area contributed by atoms with Crippen LogP contribution in [0.15, 0.2) is 50.7 Å². The van der Waals surface area contributed by atoms with Gasteiger partial charge in [-0.3, -0.25) is 19.1 Å². The van der Waals surface area contributed by atoms with E-state index in [0.717, 1.165) is 12.8 Å². The van der Waals surface area contributed by atoms with Crippen molar-refractivity contribution in [1.82, 2.24) is 25.0 Å². The van der Waals surface area contributed by atoms with Crippen LogP contribution in [0.3, 0.4) is 0 Å². The van der Waals surface area contributed by atoms with E-state index in [9.17, 15) is 14.4 Å². The summed E-state index contributed by atoms with van der Waals surface area (Å²) in [7, 11) is 3.09. The van der Waals surface area contributed by atoms with Crippen LogP contribution >= 0.6 is 0 Å². The van der Waals surface area contributed by atoms with Crippen molar-refractivity contribution in [2.75, 3.05) is 24.4 Å². The molecule has 2 amide bonds. The Labute approximate surface area is 228 Å². The first kappa shape index (κ1) is 26.9. The van der Waals surface area contributed by atoms with Crippen molar-refractivity contribution >= 4 is 40.2 Å². The van der Waals surface area contributed by atoms with E-state index in [-0.39, 0.29) is 52.0 Å². The summed E-state index contributed by atoms with van der Waals surface area (Å²) in [5.41, 5.74) is -0.557. The van der Waals surface area contributed by atoms with Crippen LogP contribution < -0.4 is 21.1 Å². The van der Waals surface area contributed by atoms with E-state index in [1.807, 2.05) is 0 Å². The molecule has 0 spiro atoms. The zero-order chi connectivity index (χ0) is 28.6. The number of rotatable bonds is 7. The van der Waals surface area contributed by atoms with Gasteiger partial charge in [0, 0.05) is 26.4 Å². The van der Waals surface area contributed by atoms with Crippen LogP contribution in [0.5, 0.6) is 0 Å². The van der Waals surface area contributed by atoms with Crippen molar-refractivity contribution in [3.63, 3.8) is 0 Å². The number of nitrogens with one attached hydrogen (secondary N) is 2. The fraction of sp³-hybridized carbons (Fsp3) is 0.385. The molecule has 14 heteroatoms. The van der Waals surface area contributed by atoms with Crippen molar-refractivity contribution in [3.8, 4) is 5.88 Å². The molecule has 4 aromatic heterocycles. The van der Waals surface area contributed by atoms with Crippen LogP contribution in [0.1, 0.15) is 44.2 Å². The molecule has 1 aliphatic rings. The maximum absolute atomic E-state index is 13.2. The van der Waals surface area contributed by atoms with E-state index in [0.29, 0.717) is 0 Å². The number of carbonyl (C=O) groups is 2. The van der Waals surface area contributed by atoms with Gasteiger partial charge in [-0.1, -0.05) is 5.16 Å². The molecule has 210 valence electrons. The molecule has 4 heterocycles. The minimum absolute atomic E-state index is 0.0905. The van der Waals surface area contributed by atoms with E-state index in [1.54, 1.807) is 40.0 Å². The Bertz CT molecular complexity index is 1600. The van der Waals surface area contributed by atoms with E-state index in [1.165, 1.54) is 41.4 Å². The maximum atomic E-state index is 13.2. The minimum atomic E-state index is -0.760. The number of hydrogen-bond acceptors (Lipinski definition) is 11. The topological polar surface area (TPSA) is 167 Å². The third-order valence-corrected chi connectivity index (χ3v) is 6.35. The summed E-state index contributed by atoms with van der Waals surface area (Å²) >= 11 is 0. The van der Waals surface area contributed by atoms with Crippen LogP contribution in [0.2, 0.25) is 0 Å². The van der Waals surface area contributed by atoms with Gasteiger partial charge in [-0.25, -0.2) is 14.8 Å². The van der Waals surface area contributed by atoms with Crippen LogP contribution in [-0.4, -0.2) is 63.6 Å². The van der Waals surface area contributed by atoms with Crippen LogP contribution in [0.25, 0.3) is 16.9 Å². The molecule has 0 aromatic carbocycles. The first-order chi connectivity index (χ1) is 19.1. The van der Waals surface area contributed by atoms with Gasteiger partial charge < -0.3 is 29.0 Å². The molecule has 5 rings (SSSR count).